The summed E-state index contributed by atoms with van der Waals surface area (Å²) in [5.41, 5.74) is 0.965. The van der Waals surface area contributed by atoms with Crippen LogP contribution in [0.15, 0.2) is 28.8 Å². The lowest BCUT2D eigenvalue weighted by atomic mass is 10.2. The molecular weight excluding hydrogens is 254 g/mol. The fourth-order valence-corrected chi connectivity index (χ4v) is 1.74. The molecule has 0 aromatic carbocycles. The van der Waals surface area contributed by atoms with Gasteiger partial charge in [0.1, 0.15) is 0 Å². The molecule has 2 rings (SSSR count). The van der Waals surface area contributed by atoms with Gasteiger partial charge in [0.05, 0.1) is 18.8 Å². The van der Waals surface area contributed by atoms with E-state index in [9.17, 15) is 0 Å². The topological polar surface area (TPSA) is 67.1 Å². The third-order valence-electron chi connectivity index (χ3n) is 2.74. The van der Waals surface area contributed by atoms with Crippen molar-refractivity contribution in [2.45, 2.75) is 26.9 Å². The Kier molecular flexibility index (Phi) is 5.06. The van der Waals surface area contributed by atoms with Crippen molar-refractivity contribution in [1.82, 2.24) is 20.5 Å². The van der Waals surface area contributed by atoms with E-state index >= 15 is 0 Å². The van der Waals surface area contributed by atoms with Crippen LogP contribution in [-0.2, 0) is 13.1 Å². The summed E-state index contributed by atoms with van der Waals surface area (Å²) in [5.74, 6) is 1.21. The molecule has 6 nitrogen and oxygen atoms in total. The minimum Gasteiger partial charge on any atom is -0.407 e. The van der Waals surface area contributed by atoms with Crippen LogP contribution in [0.3, 0.4) is 0 Å². The van der Waals surface area contributed by atoms with Crippen molar-refractivity contribution in [3.63, 3.8) is 0 Å². The van der Waals surface area contributed by atoms with Crippen molar-refractivity contribution in [2.24, 2.45) is 5.92 Å². The lowest BCUT2D eigenvalue weighted by Gasteiger charge is -2.12. The van der Waals surface area contributed by atoms with Crippen LogP contribution >= 0.6 is 0 Å². The molecule has 6 heteroatoms. The molecule has 2 heterocycles. The van der Waals surface area contributed by atoms with Gasteiger partial charge in [0.15, 0.2) is 0 Å². The monoisotopic (exact) mass is 275 g/mol. The Bertz CT molecular complexity index is 511. The summed E-state index contributed by atoms with van der Waals surface area (Å²) in [5, 5.41) is 11.4. The van der Waals surface area contributed by atoms with Gasteiger partial charge in [-0.15, -0.1) is 5.10 Å². The first-order chi connectivity index (χ1) is 9.65. The number of pyridine rings is 1. The van der Waals surface area contributed by atoms with E-state index < -0.39 is 0 Å². The molecule has 0 aliphatic heterocycles. The van der Waals surface area contributed by atoms with Gasteiger partial charge in [0.25, 0.3) is 0 Å². The molecule has 0 amide bonds. The first-order valence-corrected chi connectivity index (χ1v) is 6.79. The van der Waals surface area contributed by atoms with E-state index in [0.717, 1.165) is 12.2 Å². The maximum absolute atomic E-state index is 5.61. The molecule has 0 unspecified atom stereocenters. The molecule has 2 aromatic heterocycles. The Balaban J connectivity index is 1.88. The SMILES string of the molecule is CC(C)CNCc1nnc(N(C)Cc2ccccn2)o1. The van der Waals surface area contributed by atoms with Crippen LogP contribution < -0.4 is 10.2 Å². The van der Waals surface area contributed by atoms with Gasteiger partial charge in [-0.2, -0.15) is 0 Å². The molecule has 108 valence electrons. The summed E-state index contributed by atoms with van der Waals surface area (Å²) < 4.78 is 5.61. The molecule has 0 fully saturated rings. The highest BCUT2D eigenvalue weighted by atomic mass is 16.4. The summed E-state index contributed by atoms with van der Waals surface area (Å²) in [6.07, 6.45) is 1.78. The maximum Gasteiger partial charge on any atom is 0.318 e. The Hall–Kier alpha value is -1.95. The van der Waals surface area contributed by atoms with E-state index in [1.54, 1.807) is 6.20 Å². The van der Waals surface area contributed by atoms with Gasteiger partial charge < -0.3 is 14.6 Å². The van der Waals surface area contributed by atoms with Crippen molar-refractivity contribution in [2.75, 3.05) is 18.5 Å². The van der Waals surface area contributed by atoms with Gasteiger partial charge >= 0.3 is 6.01 Å². The van der Waals surface area contributed by atoms with Gasteiger partial charge in [-0.1, -0.05) is 25.0 Å². The number of nitrogens with zero attached hydrogens (tertiary/aromatic N) is 4. The van der Waals surface area contributed by atoms with Crippen LogP contribution in [0.5, 0.6) is 0 Å². The van der Waals surface area contributed by atoms with Gasteiger partial charge in [0, 0.05) is 13.2 Å². The van der Waals surface area contributed by atoms with Crippen LogP contribution in [0.2, 0.25) is 0 Å². The highest BCUT2D eigenvalue weighted by Gasteiger charge is 2.11. The lowest BCUT2D eigenvalue weighted by molar-refractivity contribution is 0.449. The number of rotatable bonds is 7. The zero-order chi connectivity index (χ0) is 14.4. The molecule has 0 saturated heterocycles. The molecule has 0 bridgehead atoms. The van der Waals surface area contributed by atoms with Crippen molar-refractivity contribution >= 4 is 6.01 Å². The molecule has 20 heavy (non-hydrogen) atoms. The molecule has 1 N–H and O–H groups in total. The zero-order valence-corrected chi connectivity index (χ0v) is 12.2. The molecule has 2 aromatic rings. The summed E-state index contributed by atoms with van der Waals surface area (Å²) in [7, 11) is 1.91. The molecule has 0 spiro atoms. The van der Waals surface area contributed by atoms with Crippen molar-refractivity contribution in [3.8, 4) is 0 Å². The quantitative estimate of drug-likeness (QED) is 0.831. The zero-order valence-electron chi connectivity index (χ0n) is 12.2. The molecule has 0 aliphatic carbocycles. The normalized spacial score (nSPS) is 11.0. The predicted octanol–water partition coefficient (Wildman–Crippen LogP) is 1.85. The summed E-state index contributed by atoms with van der Waals surface area (Å²) in [6, 6.07) is 6.34. The smallest absolute Gasteiger partial charge is 0.318 e. The number of aromatic nitrogens is 3. The first-order valence-electron chi connectivity index (χ1n) is 6.79. The van der Waals surface area contributed by atoms with Crippen molar-refractivity contribution in [1.29, 1.82) is 0 Å². The minimum absolute atomic E-state index is 0.511. The van der Waals surface area contributed by atoms with Gasteiger partial charge in [0.2, 0.25) is 5.89 Å². The van der Waals surface area contributed by atoms with Crippen molar-refractivity contribution < 1.29 is 4.42 Å². The molecule has 0 aliphatic rings. The van der Waals surface area contributed by atoms with Crippen LogP contribution in [0.25, 0.3) is 0 Å². The van der Waals surface area contributed by atoms with E-state index in [2.05, 4.69) is 34.3 Å². The van der Waals surface area contributed by atoms with E-state index in [4.69, 9.17) is 4.42 Å². The summed E-state index contributed by atoms with van der Waals surface area (Å²) >= 11 is 0. The summed E-state index contributed by atoms with van der Waals surface area (Å²) in [6.45, 7) is 6.49. The number of nitrogens with one attached hydrogen (secondary N) is 1. The molecular formula is C14H21N5O. The second kappa shape index (κ2) is 7.00. The number of hydrogen-bond acceptors (Lipinski definition) is 6. The van der Waals surface area contributed by atoms with Crippen LogP contribution in [-0.4, -0.2) is 28.8 Å². The van der Waals surface area contributed by atoms with Gasteiger partial charge in [-0.25, -0.2) is 0 Å². The average Bonchev–Trinajstić information content (AvgIpc) is 2.88. The average molecular weight is 275 g/mol. The number of hydrogen-bond donors (Lipinski definition) is 1. The van der Waals surface area contributed by atoms with E-state index in [1.165, 1.54) is 0 Å². The maximum atomic E-state index is 5.61. The largest absolute Gasteiger partial charge is 0.407 e. The second-order valence-electron chi connectivity index (χ2n) is 5.18. The standard InChI is InChI=1S/C14H21N5O/c1-11(2)8-15-9-13-17-18-14(20-13)19(3)10-12-6-4-5-7-16-12/h4-7,11,15H,8-10H2,1-3H3. The Morgan fingerprint density at radius 2 is 2.15 bits per heavy atom. The van der Waals surface area contributed by atoms with Gasteiger partial charge in [-0.05, 0) is 24.6 Å². The molecule has 0 saturated carbocycles. The molecule has 0 atom stereocenters. The molecule has 0 radical (unpaired) electrons. The number of anilines is 1. The third-order valence-corrected chi connectivity index (χ3v) is 2.74. The predicted molar refractivity (Wildman–Crippen MR) is 77.2 cm³/mol. The van der Waals surface area contributed by atoms with E-state index in [-0.39, 0.29) is 0 Å². The second-order valence-corrected chi connectivity index (χ2v) is 5.18. The van der Waals surface area contributed by atoms with Crippen molar-refractivity contribution in [3.05, 3.63) is 36.0 Å². The Morgan fingerprint density at radius 3 is 2.85 bits per heavy atom. The van der Waals surface area contributed by atoms with E-state index in [0.29, 0.717) is 30.9 Å². The summed E-state index contributed by atoms with van der Waals surface area (Å²) in [4.78, 5) is 6.17. The fraction of sp³-hybridized carbons (Fsp3) is 0.500. The third kappa shape index (κ3) is 4.31. The minimum atomic E-state index is 0.511. The van der Waals surface area contributed by atoms with Gasteiger partial charge in [-0.3, -0.25) is 4.98 Å². The fourth-order valence-electron chi connectivity index (χ4n) is 1.74. The Morgan fingerprint density at radius 1 is 1.30 bits per heavy atom. The highest BCUT2D eigenvalue weighted by molar-refractivity contribution is 5.24. The lowest BCUT2D eigenvalue weighted by Crippen LogP contribution is -2.19. The Labute approximate surface area is 119 Å². The first kappa shape index (κ1) is 14.5. The van der Waals surface area contributed by atoms with E-state index in [1.807, 2.05) is 30.1 Å². The van der Waals surface area contributed by atoms with Crippen LogP contribution in [0.4, 0.5) is 6.01 Å². The van der Waals surface area contributed by atoms with Crippen LogP contribution in [0.1, 0.15) is 25.4 Å². The van der Waals surface area contributed by atoms with Crippen LogP contribution in [0, 0.1) is 5.92 Å². The highest BCUT2D eigenvalue weighted by Crippen LogP contribution is 2.12.